The summed E-state index contributed by atoms with van der Waals surface area (Å²) < 4.78 is 11.5. The second-order valence-electron chi connectivity index (χ2n) is 16.7. The van der Waals surface area contributed by atoms with E-state index in [1.54, 1.807) is 0 Å². The first kappa shape index (κ1) is 39.0. The summed E-state index contributed by atoms with van der Waals surface area (Å²) in [7, 11) is 1.46. The van der Waals surface area contributed by atoms with E-state index in [1.165, 1.54) is 12.0 Å². The molecule has 2 unspecified atom stereocenters. The Morgan fingerprint density at radius 3 is 2.18 bits per heavy atom. The van der Waals surface area contributed by atoms with Gasteiger partial charge in [-0.3, -0.25) is 14.4 Å². The van der Waals surface area contributed by atoms with Gasteiger partial charge in [-0.2, -0.15) is 0 Å². The minimum atomic E-state index is -1.05. The van der Waals surface area contributed by atoms with Crippen LogP contribution in [0.15, 0.2) is 84.0 Å². The smallest absolute Gasteiger partial charge is 0.407 e. The molecule has 1 saturated heterocycles. The molecule has 1 saturated carbocycles. The Hall–Kier alpha value is -5.23. The van der Waals surface area contributed by atoms with Crippen LogP contribution in [0.25, 0.3) is 11.1 Å². The maximum Gasteiger partial charge on any atom is 0.407 e. The lowest BCUT2D eigenvalue weighted by Gasteiger charge is -2.35. The molecule has 12 nitrogen and oxygen atoms in total. The average molecular weight is 764 g/mol. The average Bonchev–Trinajstić information content (AvgIpc) is 3.64. The third-order valence-electron chi connectivity index (χ3n) is 11.4. The molecular weight excluding hydrogens is 711 g/mol. The minimum Gasteiger partial charge on any atom is -0.449 e. The topological polar surface area (TPSA) is 148 Å². The number of ether oxygens (including phenoxy) is 2. The normalized spacial score (nSPS) is 21.6. The van der Waals surface area contributed by atoms with Crippen LogP contribution in [0.2, 0.25) is 0 Å². The van der Waals surface area contributed by atoms with E-state index < -0.39 is 53.2 Å². The quantitative estimate of drug-likeness (QED) is 0.203. The number of carbonyl (C=O) groups excluding carboxylic acids is 4. The highest BCUT2D eigenvalue weighted by molar-refractivity contribution is 6.02. The zero-order chi connectivity index (χ0) is 39.6. The number of amides is 4. The Balaban J connectivity index is 1.11. The van der Waals surface area contributed by atoms with E-state index >= 15 is 0 Å². The van der Waals surface area contributed by atoms with E-state index in [1.807, 2.05) is 82.3 Å². The minimum absolute atomic E-state index is 0.0665. The zero-order valence-corrected chi connectivity index (χ0v) is 32.9. The van der Waals surface area contributed by atoms with Crippen LogP contribution in [-0.4, -0.2) is 90.6 Å². The number of nitrogens with zero attached hydrogens (tertiary/aromatic N) is 2. The summed E-state index contributed by atoms with van der Waals surface area (Å²) in [6.45, 7) is 7.72. The molecule has 1 spiro atoms. The van der Waals surface area contributed by atoms with Crippen molar-refractivity contribution in [2.24, 2.45) is 10.6 Å². The van der Waals surface area contributed by atoms with Crippen molar-refractivity contribution in [3.63, 3.8) is 0 Å². The molecule has 7 rings (SSSR count). The monoisotopic (exact) mass is 763 g/mol. The molecule has 0 bridgehead atoms. The number of rotatable bonds is 13. The van der Waals surface area contributed by atoms with Crippen LogP contribution in [0.1, 0.15) is 88.8 Å². The fraction of sp³-hybridized carbons (Fsp3) is 0.477. The summed E-state index contributed by atoms with van der Waals surface area (Å²) in [6.07, 6.45) is 1.92. The second kappa shape index (κ2) is 16.1. The van der Waals surface area contributed by atoms with Gasteiger partial charge in [-0.15, -0.1) is 0 Å². The van der Waals surface area contributed by atoms with Gasteiger partial charge in [0.2, 0.25) is 11.8 Å². The number of oxime groups is 1. The van der Waals surface area contributed by atoms with Gasteiger partial charge in [0, 0.05) is 31.9 Å². The Labute approximate surface area is 328 Å². The largest absolute Gasteiger partial charge is 0.449 e. The fourth-order valence-corrected chi connectivity index (χ4v) is 8.34. The van der Waals surface area contributed by atoms with Crippen LogP contribution in [0.3, 0.4) is 0 Å². The van der Waals surface area contributed by atoms with Crippen molar-refractivity contribution >= 4 is 29.5 Å². The number of fused-ring (bicyclic) bond motifs is 3. The van der Waals surface area contributed by atoms with E-state index in [2.05, 4.69) is 45.4 Å². The van der Waals surface area contributed by atoms with Gasteiger partial charge in [-0.25, -0.2) is 4.79 Å². The Bertz CT molecular complexity index is 1930. The first-order valence-electron chi connectivity index (χ1n) is 19.8. The molecule has 4 amide bonds. The second-order valence-corrected chi connectivity index (χ2v) is 16.7. The van der Waals surface area contributed by atoms with Crippen LogP contribution < -0.4 is 16.0 Å². The predicted molar refractivity (Wildman–Crippen MR) is 212 cm³/mol. The number of hydrogen-bond donors (Lipinski definition) is 3. The lowest BCUT2D eigenvalue weighted by Crippen LogP contribution is -2.59. The molecule has 2 aliphatic heterocycles. The van der Waals surface area contributed by atoms with E-state index in [0.29, 0.717) is 19.3 Å². The summed E-state index contributed by atoms with van der Waals surface area (Å²) in [5.74, 6) is -1.30. The van der Waals surface area contributed by atoms with E-state index in [-0.39, 0.29) is 37.4 Å². The number of nitrogens with one attached hydrogen (secondary N) is 3. The SMILES string of the molecule is CCC[C@H](NC(=O)[C@@H]1CC2(CC(c3ccccc3)=NO2)CN1C(=O)[C@@H](NC(=O)OCC1c2ccccc2-c2ccccc21)C(C)(C)C)C(OC)C(=O)NC1CC1. The molecule has 2 aliphatic carbocycles. The van der Waals surface area contributed by atoms with Crippen LogP contribution in [-0.2, 0) is 28.7 Å². The van der Waals surface area contributed by atoms with Gasteiger partial charge >= 0.3 is 6.09 Å². The van der Waals surface area contributed by atoms with E-state index in [4.69, 9.17) is 14.3 Å². The highest BCUT2D eigenvalue weighted by Gasteiger charge is 2.56. The molecule has 3 aromatic rings. The van der Waals surface area contributed by atoms with Crippen LogP contribution in [0, 0.1) is 5.41 Å². The first-order chi connectivity index (χ1) is 26.9. The highest BCUT2D eigenvalue weighted by atomic mass is 16.7. The van der Waals surface area contributed by atoms with Gasteiger partial charge in [0.15, 0.2) is 11.7 Å². The van der Waals surface area contributed by atoms with Gasteiger partial charge in [0.1, 0.15) is 18.7 Å². The number of methoxy groups -OCH3 is 1. The molecule has 2 heterocycles. The molecule has 296 valence electrons. The maximum absolute atomic E-state index is 14.9. The number of hydrogen-bond acceptors (Lipinski definition) is 8. The molecule has 12 heteroatoms. The van der Waals surface area contributed by atoms with Gasteiger partial charge in [0.05, 0.1) is 18.3 Å². The molecule has 5 atom stereocenters. The van der Waals surface area contributed by atoms with Crippen molar-refractivity contribution in [1.29, 1.82) is 0 Å². The maximum atomic E-state index is 14.9. The third kappa shape index (κ3) is 8.16. The zero-order valence-electron chi connectivity index (χ0n) is 32.9. The van der Waals surface area contributed by atoms with E-state index in [9.17, 15) is 19.2 Å². The van der Waals surface area contributed by atoms with Crippen LogP contribution >= 0.6 is 0 Å². The number of likely N-dealkylation sites (tertiary alicyclic amines) is 1. The molecule has 3 aromatic carbocycles. The summed E-state index contributed by atoms with van der Waals surface area (Å²) in [5, 5.41) is 13.4. The van der Waals surface area contributed by atoms with Gasteiger partial charge < -0.3 is 35.2 Å². The summed E-state index contributed by atoms with van der Waals surface area (Å²) >= 11 is 0. The Morgan fingerprint density at radius 2 is 1.57 bits per heavy atom. The van der Waals surface area contributed by atoms with Crippen LogP contribution in [0.5, 0.6) is 0 Å². The summed E-state index contributed by atoms with van der Waals surface area (Å²) in [4.78, 5) is 63.8. The predicted octanol–water partition coefficient (Wildman–Crippen LogP) is 5.68. The molecular formula is C44H53N5O7. The third-order valence-corrected chi connectivity index (χ3v) is 11.4. The molecule has 0 radical (unpaired) electrons. The lowest BCUT2D eigenvalue weighted by molar-refractivity contribution is -0.143. The van der Waals surface area contributed by atoms with Crippen molar-refractivity contribution in [2.75, 3.05) is 20.3 Å². The Kier molecular flexibility index (Phi) is 11.2. The fourth-order valence-electron chi connectivity index (χ4n) is 8.34. The van der Waals surface area contributed by atoms with Crippen molar-refractivity contribution in [3.8, 4) is 11.1 Å². The Morgan fingerprint density at radius 1 is 0.929 bits per heavy atom. The van der Waals surface area contributed by atoms with Gasteiger partial charge in [-0.05, 0) is 52.5 Å². The van der Waals surface area contributed by atoms with Crippen LogP contribution in [0.4, 0.5) is 4.79 Å². The molecule has 2 fully saturated rings. The van der Waals surface area contributed by atoms with Gasteiger partial charge in [-0.1, -0.05) is 118 Å². The standard InChI is InChI=1S/C44H53N5O7/c1-6-14-34(37(54-5)40(51)45-28-21-22-28)46-39(50)36-24-44(23-35(48-56-44)27-15-8-7-9-16-27)26-49(36)41(52)38(43(2,3)4)47-42(53)55-25-33-31-19-12-10-17-29(31)30-18-11-13-20-32(30)33/h7-13,15-20,28,33-34,36-38H,6,14,21-26H2,1-5H3,(H,45,51)(H,46,50)(H,47,53)/t34-,36-,37?,38+,44?/m0/s1. The number of alkyl carbamates (subject to hydrolysis) is 1. The molecule has 4 aliphatic rings. The van der Waals surface area contributed by atoms with E-state index in [0.717, 1.165) is 46.4 Å². The summed E-state index contributed by atoms with van der Waals surface area (Å²) in [5.41, 5.74) is 4.27. The van der Waals surface area contributed by atoms with Gasteiger partial charge in [0.25, 0.3) is 5.91 Å². The van der Waals surface area contributed by atoms with Crippen molar-refractivity contribution < 1.29 is 33.5 Å². The molecule has 3 N–H and O–H groups in total. The first-order valence-corrected chi connectivity index (χ1v) is 19.8. The number of carbonyl (C=O) groups is 4. The van der Waals surface area contributed by atoms with Crippen molar-refractivity contribution in [2.45, 2.75) is 108 Å². The summed E-state index contributed by atoms with van der Waals surface area (Å²) in [6, 6.07) is 23.3. The van der Waals surface area contributed by atoms with Crippen molar-refractivity contribution in [1.82, 2.24) is 20.9 Å². The molecule has 56 heavy (non-hydrogen) atoms. The highest BCUT2D eigenvalue weighted by Crippen LogP contribution is 2.45. The van der Waals surface area contributed by atoms with Crippen molar-refractivity contribution in [3.05, 3.63) is 95.6 Å². The number of benzene rings is 3. The lowest BCUT2D eigenvalue weighted by atomic mass is 9.85. The molecule has 0 aromatic heterocycles.